The van der Waals surface area contributed by atoms with Crippen LogP contribution >= 0.6 is 0 Å². The topological polar surface area (TPSA) is 88.6 Å². The van der Waals surface area contributed by atoms with Gasteiger partial charge in [0.15, 0.2) is 5.75 Å². The number of halogens is 1. The molecule has 0 bridgehead atoms. The number of rotatable bonds is 8. The summed E-state index contributed by atoms with van der Waals surface area (Å²) in [5.41, 5.74) is 3.91. The summed E-state index contributed by atoms with van der Waals surface area (Å²) in [6.07, 6.45) is 2.08. The second-order valence-electron chi connectivity index (χ2n) is 9.94. The molecule has 1 N–H and O–H groups in total. The van der Waals surface area contributed by atoms with Crippen molar-refractivity contribution in [2.45, 2.75) is 19.2 Å². The zero-order valence-corrected chi connectivity index (χ0v) is 22.9. The summed E-state index contributed by atoms with van der Waals surface area (Å²) in [6, 6.07) is 28.7. The van der Waals surface area contributed by atoms with E-state index in [1.807, 2.05) is 60.7 Å². The number of aromatic nitrogens is 1. The van der Waals surface area contributed by atoms with E-state index in [0.717, 1.165) is 22.9 Å². The van der Waals surface area contributed by atoms with Crippen LogP contribution in [-0.4, -0.2) is 30.5 Å². The minimum absolute atomic E-state index is 0.131. The number of pyridine rings is 1. The van der Waals surface area contributed by atoms with Gasteiger partial charge in [0.25, 0.3) is 5.91 Å². The second kappa shape index (κ2) is 10.7. The first-order chi connectivity index (χ1) is 19.8. The molecular formula is C32H26FN3O4S. The van der Waals surface area contributed by atoms with E-state index in [4.69, 9.17) is 4.74 Å². The lowest BCUT2D eigenvalue weighted by Gasteiger charge is -2.23. The van der Waals surface area contributed by atoms with Crippen molar-refractivity contribution in [1.29, 1.82) is 0 Å². The number of carbonyl (C=O) groups excluding carboxylic acids is 1. The fourth-order valence-corrected chi connectivity index (χ4v) is 5.80. The third kappa shape index (κ3) is 5.36. The smallest absolute Gasteiger partial charge is 0.258 e. The van der Waals surface area contributed by atoms with Gasteiger partial charge in [0.1, 0.15) is 17.4 Å². The van der Waals surface area contributed by atoms with Crippen molar-refractivity contribution < 1.29 is 22.3 Å². The van der Waals surface area contributed by atoms with E-state index in [0.29, 0.717) is 22.2 Å². The van der Waals surface area contributed by atoms with Crippen molar-refractivity contribution in [2.75, 3.05) is 11.0 Å². The highest BCUT2D eigenvalue weighted by Gasteiger charge is 2.37. The molecule has 1 aromatic heterocycles. The number of amides is 1. The van der Waals surface area contributed by atoms with E-state index < -0.39 is 16.1 Å². The fraction of sp³-hybridized carbons (Fsp3) is 0.125. The summed E-state index contributed by atoms with van der Waals surface area (Å²) in [5, 5.41) is 0.517. The number of nitrogens with zero attached hydrogens (tertiary/aromatic N) is 2. The monoisotopic (exact) mass is 567 g/mol. The molecule has 7 nitrogen and oxygen atoms in total. The summed E-state index contributed by atoms with van der Waals surface area (Å²) in [4.78, 5) is 20.2. The Balaban J connectivity index is 1.54. The Morgan fingerprint density at radius 2 is 1.56 bits per heavy atom. The van der Waals surface area contributed by atoms with Gasteiger partial charge >= 0.3 is 0 Å². The van der Waals surface area contributed by atoms with Crippen LogP contribution in [0.5, 0.6) is 5.75 Å². The molecule has 2 heterocycles. The quantitative estimate of drug-likeness (QED) is 0.246. The molecule has 41 heavy (non-hydrogen) atoms. The molecule has 1 aliphatic heterocycles. The minimum Gasteiger partial charge on any atom is -0.478 e. The first-order valence-corrected chi connectivity index (χ1v) is 14.9. The van der Waals surface area contributed by atoms with Gasteiger partial charge in [0, 0.05) is 30.2 Å². The van der Waals surface area contributed by atoms with Gasteiger partial charge < -0.3 is 9.64 Å². The van der Waals surface area contributed by atoms with Crippen LogP contribution < -0.4 is 9.46 Å². The third-order valence-electron chi connectivity index (χ3n) is 6.99. The molecule has 1 amide bonds. The SMILES string of the molecule is CS(=O)(=O)Nc1c2c(c(OC(c3ccccc3)c3ccccc3)c3ncccc13)C(=O)N(Cc1ccc(F)cc1)C2. The zero-order valence-electron chi connectivity index (χ0n) is 22.1. The maximum atomic E-state index is 14.1. The van der Waals surface area contributed by atoms with E-state index in [9.17, 15) is 17.6 Å². The van der Waals surface area contributed by atoms with Crippen LogP contribution in [0.15, 0.2) is 103 Å². The van der Waals surface area contributed by atoms with Crippen molar-refractivity contribution in [1.82, 2.24) is 9.88 Å². The summed E-state index contributed by atoms with van der Waals surface area (Å²) in [6.45, 7) is 0.335. The number of nitrogens with one attached hydrogen (secondary N) is 1. The number of carbonyl (C=O) groups is 1. The van der Waals surface area contributed by atoms with Crippen molar-refractivity contribution in [3.05, 3.63) is 137 Å². The Morgan fingerprint density at radius 1 is 0.927 bits per heavy atom. The van der Waals surface area contributed by atoms with Gasteiger partial charge in [0.2, 0.25) is 10.0 Å². The molecule has 0 atom stereocenters. The van der Waals surface area contributed by atoms with Crippen molar-refractivity contribution >= 4 is 32.5 Å². The Kier molecular flexibility index (Phi) is 6.88. The standard InChI is InChI=1S/C32H26FN3O4S/c1-41(38,39)35-28-25-13-8-18-34-29(25)31(40-30(22-9-4-2-5-10-22)23-11-6-3-7-12-23)27-26(28)20-36(32(27)37)19-21-14-16-24(33)17-15-21/h2-18,30,35H,19-20H2,1H3. The predicted octanol–water partition coefficient (Wildman–Crippen LogP) is 6.07. The summed E-state index contributed by atoms with van der Waals surface area (Å²) < 4.78 is 47.9. The average molecular weight is 568 g/mol. The van der Waals surface area contributed by atoms with E-state index in [1.165, 1.54) is 12.1 Å². The molecule has 206 valence electrons. The Hall–Kier alpha value is -4.76. The second-order valence-corrected chi connectivity index (χ2v) is 11.7. The number of hydrogen-bond donors (Lipinski definition) is 1. The number of sulfonamides is 1. The Bertz CT molecular complexity index is 1810. The van der Waals surface area contributed by atoms with Gasteiger partial charge in [-0.05, 0) is 41.0 Å². The first kappa shape index (κ1) is 26.5. The molecule has 1 aliphatic rings. The summed E-state index contributed by atoms with van der Waals surface area (Å²) in [5.74, 6) is -0.424. The van der Waals surface area contributed by atoms with Crippen LogP contribution in [0.2, 0.25) is 0 Å². The molecule has 0 radical (unpaired) electrons. The van der Waals surface area contributed by atoms with Crippen LogP contribution in [0.3, 0.4) is 0 Å². The van der Waals surface area contributed by atoms with Crippen LogP contribution in [0.1, 0.15) is 38.7 Å². The van der Waals surface area contributed by atoms with Gasteiger partial charge in [-0.15, -0.1) is 0 Å². The highest BCUT2D eigenvalue weighted by molar-refractivity contribution is 7.92. The molecule has 4 aromatic carbocycles. The maximum absolute atomic E-state index is 14.1. The minimum atomic E-state index is -3.70. The molecular weight excluding hydrogens is 541 g/mol. The maximum Gasteiger partial charge on any atom is 0.258 e. The van der Waals surface area contributed by atoms with Crippen LogP contribution in [0, 0.1) is 5.82 Å². The summed E-state index contributed by atoms with van der Waals surface area (Å²) >= 11 is 0. The molecule has 0 fully saturated rings. The Labute approximate surface area is 237 Å². The molecule has 0 aliphatic carbocycles. The molecule has 0 unspecified atom stereocenters. The lowest BCUT2D eigenvalue weighted by atomic mass is 9.99. The molecule has 5 aromatic rings. The fourth-order valence-electron chi connectivity index (χ4n) is 5.19. The molecule has 0 saturated carbocycles. The van der Waals surface area contributed by atoms with Gasteiger partial charge in [-0.3, -0.25) is 14.5 Å². The molecule has 9 heteroatoms. The Morgan fingerprint density at radius 3 is 2.17 bits per heavy atom. The number of fused-ring (bicyclic) bond motifs is 2. The average Bonchev–Trinajstić information content (AvgIpc) is 3.30. The lowest BCUT2D eigenvalue weighted by Crippen LogP contribution is -2.23. The van der Waals surface area contributed by atoms with Gasteiger partial charge in [-0.25, -0.2) is 12.8 Å². The number of ether oxygens (including phenoxy) is 1. The number of benzene rings is 4. The number of hydrogen-bond acceptors (Lipinski definition) is 5. The van der Waals surface area contributed by atoms with Crippen LogP contribution in [0.4, 0.5) is 10.1 Å². The zero-order chi connectivity index (χ0) is 28.6. The van der Waals surface area contributed by atoms with Crippen molar-refractivity contribution in [3.8, 4) is 5.75 Å². The number of anilines is 1. The molecule has 0 spiro atoms. The van der Waals surface area contributed by atoms with E-state index in [-0.39, 0.29) is 36.1 Å². The lowest BCUT2D eigenvalue weighted by molar-refractivity contribution is 0.0762. The normalized spacial score (nSPS) is 13.0. The van der Waals surface area contributed by atoms with Gasteiger partial charge in [0.05, 0.1) is 17.5 Å². The largest absolute Gasteiger partial charge is 0.478 e. The van der Waals surface area contributed by atoms with Crippen LogP contribution in [-0.2, 0) is 23.1 Å². The van der Waals surface area contributed by atoms with E-state index >= 15 is 0 Å². The highest BCUT2D eigenvalue weighted by Crippen LogP contribution is 2.45. The predicted molar refractivity (Wildman–Crippen MR) is 156 cm³/mol. The highest BCUT2D eigenvalue weighted by atomic mass is 32.2. The molecule has 6 rings (SSSR count). The van der Waals surface area contributed by atoms with Crippen LogP contribution in [0.25, 0.3) is 10.9 Å². The first-order valence-electron chi connectivity index (χ1n) is 13.0. The van der Waals surface area contributed by atoms with Gasteiger partial charge in [-0.1, -0.05) is 72.8 Å². The van der Waals surface area contributed by atoms with Gasteiger partial charge in [-0.2, -0.15) is 0 Å². The van der Waals surface area contributed by atoms with E-state index in [2.05, 4.69) is 9.71 Å². The van der Waals surface area contributed by atoms with E-state index in [1.54, 1.807) is 35.4 Å². The third-order valence-corrected chi connectivity index (χ3v) is 7.56. The summed E-state index contributed by atoms with van der Waals surface area (Å²) in [7, 11) is -3.70. The van der Waals surface area contributed by atoms with Crippen molar-refractivity contribution in [3.63, 3.8) is 0 Å². The molecule has 0 saturated heterocycles. The van der Waals surface area contributed by atoms with Crippen molar-refractivity contribution in [2.24, 2.45) is 0 Å².